The smallest absolute Gasteiger partial charge is 0.255 e. The van der Waals surface area contributed by atoms with Gasteiger partial charge >= 0.3 is 0 Å². The number of ether oxygens (including phenoxy) is 1. The SMILES string of the molecule is COc1ccc(C)cc1C(C)NC(=O)c1c(C)nn(C)c1C. The highest BCUT2D eigenvalue weighted by atomic mass is 16.5. The molecule has 1 aromatic carbocycles. The second-order valence-corrected chi connectivity index (χ2v) is 5.61. The first kappa shape index (κ1) is 16.1. The van der Waals surface area contributed by atoms with Gasteiger partial charge in [-0.05, 0) is 33.8 Å². The first-order chi connectivity index (χ1) is 10.3. The summed E-state index contributed by atoms with van der Waals surface area (Å²) in [4.78, 5) is 12.6. The van der Waals surface area contributed by atoms with E-state index >= 15 is 0 Å². The van der Waals surface area contributed by atoms with Crippen LogP contribution in [-0.2, 0) is 7.05 Å². The van der Waals surface area contributed by atoms with Gasteiger partial charge in [0.2, 0.25) is 0 Å². The number of hydrogen-bond donors (Lipinski definition) is 1. The lowest BCUT2D eigenvalue weighted by molar-refractivity contribution is 0.0938. The number of carbonyl (C=O) groups excluding carboxylic acids is 1. The van der Waals surface area contributed by atoms with Crippen molar-refractivity contribution in [2.24, 2.45) is 7.05 Å². The predicted molar refractivity (Wildman–Crippen MR) is 86.3 cm³/mol. The summed E-state index contributed by atoms with van der Waals surface area (Å²) in [5, 5.41) is 7.33. The van der Waals surface area contributed by atoms with Gasteiger partial charge in [-0.3, -0.25) is 9.48 Å². The van der Waals surface area contributed by atoms with Crippen molar-refractivity contribution in [2.45, 2.75) is 33.7 Å². The Morgan fingerprint density at radius 1 is 1.32 bits per heavy atom. The minimum Gasteiger partial charge on any atom is -0.496 e. The summed E-state index contributed by atoms with van der Waals surface area (Å²) in [6.07, 6.45) is 0. The van der Waals surface area contributed by atoms with Crippen molar-refractivity contribution in [3.05, 3.63) is 46.3 Å². The summed E-state index contributed by atoms with van der Waals surface area (Å²) in [6.45, 7) is 7.72. The lowest BCUT2D eigenvalue weighted by Crippen LogP contribution is -2.28. The average molecular weight is 301 g/mol. The van der Waals surface area contributed by atoms with Crippen LogP contribution in [0.3, 0.4) is 0 Å². The Hall–Kier alpha value is -2.30. The van der Waals surface area contributed by atoms with Crippen molar-refractivity contribution in [3.63, 3.8) is 0 Å². The van der Waals surface area contributed by atoms with E-state index in [0.717, 1.165) is 28.3 Å². The highest BCUT2D eigenvalue weighted by molar-refractivity contribution is 5.96. The molecule has 0 saturated heterocycles. The normalized spacial score (nSPS) is 12.1. The summed E-state index contributed by atoms with van der Waals surface area (Å²) in [7, 11) is 3.48. The molecule has 1 atom stereocenters. The first-order valence-corrected chi connectivity index (χ1v) is 7.30. The highest BCUT2D eigenvalue weighted by Crippen LogP contribution is 2.26. The number of aromatic nitrogens is 2. The van der Waals surface area contributed by atoms with Gasteiger partial charge in [-0.1, -0.05) is 17.7 Å². The van der Waals surface area contributed by atoms with Crippen LogP contribution in [0.15, 0.2) is 18.2 Å². The number of nitrogens with one attached hydrogen (secondary N) is 1. The molecule has 0 fully saturated rings. The summed E-state index contributed by atoms with van der Waals surface area (Å²) in [5.41, 5.74) is 4.33. The van der Waals surface area contributed by atoms with Gasteiger partial charge < -0.3 is 10.1 Å². The molecule has 2 rings (SSSR count). The molecule has 0 bridgehead atoms. The van der Waals surface area contributed by atoms with Crippen LogP contribution >= 0.6 is 0 Å². The number of aryl methyl sites for hydroxylation is 3. The fraction of sp³-hybridized carbons (Fsp3) is 0.412. The molecule has 1 aromatic heterocycles. The lowest BCUT2D eigenvalue weighted by atomic mass is 10.0. The van der Waals surface area contributed by atoms with E-state index in [4.69, 9.17) is 4.74 Å². The molecular weight excluding hydrogens is 278 g/mol. The number of rotatable bonds is 4. The minimum atomic E-state index is -0.152. The predicted octanol–water partition coefficient (Wildman–Crippen LogP) is 2.84. The molecule has 0 aliphatic carbocycles. The van der Waals surface area contributed by atoms with Gasteiger partial charge in [-0.25, -0.2) is 0 Å². The third kappa shape index (κ3) is 2.98. The quantitative estimate of drug-likeness (QED) is 0.944. The number of amides is 1. The van der Waals surface area contributed by atoms with E-state index in [9.17, 15) is 4.79 Å². The number of benzene rings is 1. The average Bonchev–Trinajstić information content (AvgIpc) is 2.71. The van der Waals surface area contributed by atoms with E-state index in [1.54, 1.807) is 11.8 Å². The van der Waals surface area contributed by atoms with E-state index in [1.807, 2.05) is 52.9 Å². The van der Waals surface area contributed by atoms with Crippen molar-refractivity contribution in [2.75, 3.05) is 7.11 Å². The molecule has 1 N–H and O–H groups in total. The Morgan fingerprint density at radius 2 is 2.00 bits per heavy atom. The number of nitrogens with zero attached hydrogens (tertiary/aromatic N) is 2. The maximum Gasteiger partial charge on any atom is 0.255 e. The first-order valence-electron chi connectivity index (χ1n) is 7.30. The Labute approximate surface area is 131 Å². The molecule has 5 nitrogen and oxygen atoms in total. The van der Waals surface area contributed by atoms with Gasteiger partial charge in [0, 0.05) is 18.3 Å². The van der Waals surface area contributed by atoms with Crippen LogP contribution in [0.2, 0.25) is 0 Å². The van der Waals surface area contributed by atoms with Crippen molar-refractivity contribution >= 4 is 5.91 Å². The van der Waals surface area contributed by atoms with E-state index in [2.05, 4.69) is 10.4 Å². The van der Waals surface area contributed by atoms with Gasteiger partial charge in [0.25, 0.3) is 5.91 Å². The molecule has 0 saturated carbocycles. The van der Waals surface area contributed by atoms with E-state index in [-0.39, 0.29) is 11.9 Å². The molecule has 0 aliphatic heterocycles. The molecule has 0 spiro atoms. The summed E-state index contributed by atoms with van der Waals surface area (Å²) >= 11 is 0. The Balaban J connectivity index is 2.27. The molecule has 2 aromatic rings. The van der Waals surface area contributed by atoms with Crippen molar-refractivity contribution in [3.8, 4) is 5.75 Å². The Morgan fingerprint density at radius 3 is 2.55 bits per heavy atom. The second-order valence-electron chi connectivity index (χ2n) is 5.61. The van der Waals surface area contributed by atoms with Crippen LogP contribution in [0.5, 0.6) is 5.75 Å². The zero-order chi connectivity index (χ0) is 16.4. The molecule has 1 unspecified atom stereocenters. The molecule has 5 heteroatoms. The van der Waals surface area contributed by atoms with E-state index in [1.165, 1.54) is 0 Å². The molecule has 0 aliphatic rings. The fourth-order valence-electron chi connectivity index (χ4n) is 2.64. The molecule has 1 amide bonds. The second kappa shape index (κ2) is 6.22. The molecule has 22 heavy (non-hydrogen) atoms. The third-order valence-electron chi connectivity index (χ3n) is 3.94. The Bertz CT molecular complexity index is 704. The third-order valence-corrected chi connectivity index (χ3v) is 3.94. The topological polar surface area (TPSA) is 56.1 Å². The standard InChI is InChI=1S/C17H23N3O2/c1-10-7-8-15(22-6)14(9-10)11(2)18-17(21)16-12(3)19-20(5)13(16)4/h7-9,11H,1-6H3,(H,18,21). The maximum absolute atomic E-state index is 12.6. The van der Waals surface area contributed by atoms with Gasteiger partial charge in [-0.2, -0.15) is 5.10 Å². The van der Waals surface area contributed by atoms with Gasteiger partial charge in [0.05, 0.1) is 24.4 Å². The van der Waals surface area contributed by atoms with Crippen LogP contribution < -0.4 is 10.1 Å². The lowest BCUT2D eigenvalue weighted by Gasteiger charge is -2.18. The molecular formula is C17H23N3O2. The summed E-state index contributed by atoms with van der Waals surface area (Å²) < 4.78 is 7.12. The van der Waals surface area contributed by atoms with Crippen molar-refractivity contribution in [1.29, 1.82) is 0 Å². The largest absolute Gasteiger partial charge is 0.496 e. The zero-order valence-electron chi connectivity index (χ0n) is 14.0. The van der Waals surface area contributed by atoms with Crippen LogP contribution in [-0.4, -0.2) is 22.8 Å². The summed E-state index contributed by atoms with van der Waals surface area (Å²) in [6, 6.07) is 5.80. The maximum atomic E-state index is 12.6. The zero-order valence-corrected chi connectivity index (χ0v) is 14.0. The van der Waals surface area contributed by atoms with Gasteiger partial charge in [0.15, 0.2) is 0 Å². The van der Waals surface area contributed by atoms with Crippen molar-refractivity contribution < 1.29 is 9.53 Å². The van der Waals surface area contributed by atoms with Crippen LogP contribution in [0, 0.1) is 20.8 Å². The van der Waals surface area contributed by atoms with E-state index in [0.29, 0.717) is 5.56 Å². The van der Waals surface area contributed by atoms with Crippen LogP contribution in [0.25, 0.3) is 0 Å². The highest BCUT2D eigenvalue weighted by Gasteiger charge is 2.20. The van der Waals surface area contributed by atoms with Crippen LogP contribution in [0.1, 0.15) is 45.8 Å². The van der Waals surface area contributed by atoms with E-state index < -0.39 is 0 Å². The number of methoxy groups -OCH3 is 1. The monoisotopic (exact) mass is 301 g/mol. The minimum absolute atomic E-state index is 0.112. The Kier molecular flexibility index (Phi) is 4.54. The fourth-order valence-corrected chi connectivity index (χ4v) is 2.64. The summed E-state index contributed by atoms with van der Waals surface area (Å²) in [5.74, 6) is 0.664. The van der Waals surface area contributed by atoms with Crippen molar-refractivity contribution in [1.82, 2.24) is 15.1 Å². The molecule has 118 valence electrons. The van der Waals surface area contributed by atoms with Crippen LogP contribution in [0.4, 0.5) is 0 Å². The number of carbonyl (C=O) groups is 1. The molecule has 0 radical (unpaired) electrons. The molecule has 1 heterocycles. The van der Waals surface area contributed by atoms with Gasteiger partial charge in [0.1, 0.15) is 5.75 Å². The number of hydrogen-bond acceptors (Lipinski definition) is 3. The van der Waals surface area contributed by atoms with Gasteiger partial charge in [-0.15, -0.1) is 0 Å².